The zero-order chi connectivity index (χ0) is 20.6. The molecule has 1 atom stereocenters. The SMILES string of the molecule is CC(C)(C)c1ccc(N2C(=O)CS[C@@H]2c2ccc(NC(=O)C3CCC3)cc2)cc1. The topological polar surface area (TPSA) is 49.4 Å². The van der Waals surface area contributed by atoms with Gasteiger partial charge in [-0.3, -0.25) is 14.5 Å². The first-order valence-corrected chi connectivity index (χ1v) is 11.3. The quantitative estimate of drug-likeness (QED) is 0.726. The van der Waals surface area contributed by atoms with Gasteiger partial charge in [-0.15, -0.1) is 11.8 Å². The molecule has 0 aromatic heterocycles. The van der Waals surface area contributed by atoms with Gasteiger partial charge in [0, 0.05) is 17.3 Å². The van der Waals surface area contributed by atoms with Crippen LogP contribution in [0.25, 0.3) is 0 Å². The van der Waals surface area contributed by atoms with E-state index in [1.807, 2.05) is 41.3 Å². The van der Waals surface area contributed by atoms with Crippen molar-refractivity contribution in [2.75, 3.05) is 16.0 Å². The number of hydrogen-bond acceptors (Lipinski definition) is 3. The summed E-state index contributed by atoms with van der Waals surface area (Å²) in [5.41, 5.74) is 4.16. The first kappa shape index (κ1) is 20.0. The molecule has 2 aromatic carbocycles. The van der Waals surface area contributed by atoms with Crippen molar-refractivity contribution >= 4 is 35.0 Å². The summed E-state index contributed by atoms with van der Waals surface area (Å²) in [6.45, 7) is 6.56. The highest BCUT2D eigenvalue weighted by molar-refractivity contribution is 8.00. The molecular formula is C24H28N2O2S. The Kier molecular flexibility index (Phi) is 5.43. The molecule has 0 spiro atoms. The third kappa shape index (κ3) is 4.20. The number of hydrogen-bond donors (Lipinski definition) is 1. The summed E-state index contributed by atoms with van der Waals surface area (Å²) in [5, 5.41) is 2.97. The van der Waals surface area contributed by atoms with E-state index in [0.717, 1.165) is 36.2 Å². The van der Waals surface area contributed by atoms with Crippen LogP contribution in [0.15, 0.2) is 48.5 Å². The second kappa shape index (κ2) is 7.86. The van der Waals surface area contributed by atoms with E-state index in [1.54, 1.807) is 11.8 Å². The molecular weight excluding hydrogens is 380 g/mol. The second-order valence-electron chi connectivity index (χ2n) is 8.96. The van der Waals surface area contributed by atoms with Crippen LogP contribution in [0.4, 0.5) is 11.4 Å². The van der Waals surface area contributed by atoms with E-state index in [9.17, 15) is 9.59 Å². The van der Waals surface area contributed by atoms with Crippen LogP contribution in [0.1, 0.15) is 56.5 Å². The Balaban J connectivity index is 1.51. The summed E-state index contributed by atoms with van der Waals surface area (Å²) >= 11 is 1.64. The molecule has 2 fully saturated rings. The summed E-state index contributed by atoms with van der Waals surface area (Å²) in [6.07, 6.45) is 3.14. The molecule has 1 aliphatic heterocycles. The Morgan fingerprint density at radius 1 is 1.03 bits per heavy atom. The third-order valence-electron chi connectivity index (χ3n) is 5.82. The minimum atomic E-state index is -0.0422. The number of nitrogens with one attached hydrogen (secondary N) is 1. The van der Waals surface area contributed by atoms with Crippen LogP contribution < -0.4 is 10.2 Å². The zero-order valence-corrected chi connectivity index (χ0v) is 18.1. The zero-order valence-electron chi connectivity index (χ0n) is 17.3. The fourth-order valence-corrected chi connectivity index (χ4v) is 4.90. The number of thioether (sulfide) groups is 1. The van der Waals surface area contributed by atoms with Crippen LogP contribution in [-0.4, -0.2) is 17.6 Å². The Morgan fingerprint density at radius 3 is 2.24 bits per heavy atom. The van der Waals surface area contributed by atoms with Gasteiger partial charge in [0.2, 0.25) is 11.8 Å². The maximum Gasteiger partial charge on any atom is 0.238 e. The van der Waals surface area contributed by atoms with E-state index in [1.165, 1.54) is 5.56 Å². The van der Waals surface area contributed by atoms with E-state index in [2.05, 4.69) is 38.2 Å². The molecule has 0 bridgehead atoms. The minimum Gasteiger partial charge on any atom is -0.326 e. The Bertz CT molecular complexity index is 896. The molecule has 2 aliphatic rings. The van der Waals surface area contributed by atoms with Crippen molar-refractivity contribution in [2.24, 2.45) is 5.92 Å². The fraction of sp³-hybridized carbons (Fsp3) is 0.417. The van der Waals surface area contributed by atoms with Crippen LogP contribution in [0, 0.1) is 5.92 Å². The maximum atomic E-state index is 12.6. The van der Waals surface area contributed by atoms with Gasteiger partial charge in [0.05, 0.1) is 5.75 Å². The van der Waals surface area contributed by atoms with Gasteiger partial charge >= 0.3 is 0 Å². The van der Waals surface area contributed by atoms with Crippen LogP contribution in [0.2, 0.25) is 0 Å². The van der Waals surface area contributed by atoms with Gasteiger partial charge in [0.15, 0.2) is 0 Å². The summed E-state index contributed by atoms with van der Waals surface area (Å²) in [4.78, 5) is 26.6. The van der Waals surface area contributed by atoms with Gasteiger partial charge < -0.3 is 5.32 Å². The molecule has 1 aliphatic carbocycles. The molecule has 1 heterocycles. The van der Waals surface area contributed by atoms with Gasteiger partial charge in [0.25, 0.3) is 0 Å². The lowest BCUT2D eigenvalue weighted by atomic mass is 9.85. The van der Waals surface area contributed by atoms with Crippen LogP contribution in [-0.2, 0) is 15.0 Å². The summed E-state index contributed by atoms with van der Waals surface area (Å²) in [6, 6.07) is 16.2. The second-order valence-corrected chi connectivity index (χ2v) is 10.0. The van der Waals surface area contributed by atoms with Crippen LogP contribution >= 0.6 is 11.8 Å². The predicted octanol–water partition coefficient (Wildman–Crippen LogP) is 5.50. The van der Waals surface area contributed by atoms with E-state index in [0.29, 0.717) is 5.75 Å². The van der Waals surface area contributed by atoms with Crippen LogP contribution in [0.5, 0.6) is 0 Å². The number of benzene rings is 2. The van der Waals surface area contributed by atoms with E-state index in [-0.39, 0.29) is 28.5 Å². The van der Waals surface area contributed by atoms with Crippen molar-refractivity contribution in [3.63, 3.8) is 0 Å². The van der Waals surface area contributed by atoms with Crippen LogP contribution in [0.3, 0.4) is 0 Å². The fourth-order valence-electron chi connectivity index (χ4n) is 3.72. The number of carbonyl (C=O) groups excluding carboxylic acids is 2. The van der Waals surface area contributed by atoms with Crippen molar-refractivity contribution in [3.8, 4) is 0 Å². The summed E-state index contributed by atoms with van der Waals surface area (Å²) in [5.74, 6) is 0.899. The number of carbonyl (C=O) groups is 2. The Labute approximate surface area is 177 Å². The largest absolute Gasteiger partial charge is 0.326 e. The molecule has 2 amide bonds. The Hall–Kier alpha value is -2.27. The average molecular weight is 409 g/mol. The number of nitrogens with zero attached hydrogens (tertiary/aromatic N) is 1. The lowest BCUT2D eigenvalue weighted by Crippen LogP contribution is -2.28. The number of amides is 2. The summed E-state index contributed by atoms with van der Waals surface area (Å²) in [7, 11) is 0. The van der Waals surface area contributed by atoms with E-state index >= 15 is 0 Å². The average Bonchev–Trinajstić information content (AvgIpc) is 3.02. The maximum absolute atomic E-state index is 12.6. The number of anilines is 2. The highest BCUT2D eigenvalue weighted by atomic mass is 32.2. The molecule has 1 N–H and O–H groups in total. The van der Waals surface area contributed by atoms with Gasteiger partial charge in [0.1, 0.15) is 5.37 Å². The molecule has 0 unspecified atom stereocenters. The molecule has 1 saturated carbocycles. The predicted molar refractivity (Wildman–Crippen MR) is 120 cm³/mol. The molecule has 0 radical (unpaired) electrons. The smallest absolute Gasteiger partial charge is 0.238 e. The molecule has 4 nitrogen and oxygen atoms in total. The molecule has 2 aromatic rings. The van der Waals surface area contributed by atoms with Gasteiger partial charge in [-0.2, -0.15) is 0 Å². The monoisotopic (exact) mass is 408 g/mol. The molecule has 5 heteroatoms. The normalized spacial score (nSPS) is 19.9. The minimum absolute atomic E-state index is 0.0422. The van der Waals surface area contributed by atoms with Gasteiger partial charge in [-0.1, -0.05) is 51.5 Å². The molecule has 29 heavy (non-hydrogen) atoms. The lowest BCUT2D eigenvalue weighted by molar-refractivity contribution is -0.122. The highest BCUT2D eigenvalue weighted by Gasteiger charge is 2.34. The van der Waals surface area contributed by atoms with E-state index in [4.69, 9.17) is 0 Å². The third-order valence-corrected chi connectivity index (χ3v) is 7.03. The van der Waals surface area contributed by atoms with Crippen molar-refractivity contribution < 1.29 is 9.59 Å². The lowest BCUT2D eigenvalue weighted by Gasteiger charge is -2.26. The first-order valence-electron chi connectivity index (χ1n) is 10.3. The van der Waals surface area contributed by atoms with E-state index < -0.39 is 0 Å². The standard InChI is InChI=1S/C24H28N2O2S/c1-24(2,3)18-9-13-20(14-10-18)26-21(27)15-29-23(26)17-7-11-19(12-8-17)25-22(28)16-5-4-6-16/h7-14,16,23H,4-6,15H2,1-3H3,(H,25,28)/t23-/m1/s1. The molecule has 4 rings (SSSR count). The number of rotatable bonds is 4. The Morgan fingerprint density at radius 2 is 1.69 bits per heavy atom. The summed E-state index contributed by atoms with van der Waals surface area (Å²) < 4.78 is 0. The van der Waals surface area contributed by atoms with Crippen molar-refractivity contribution in [3.05, 3.63) is 59.7 Å². The first-order chi connectivity index (χ1) is 13.8. The van der Waals surface area contributed by atoms with Gasteiger partial charge in [-0.25, -0.2) is 0 Å². The van der Waals surface area contributed by atoms with Gasteiger partial charge in [-0.05, 0) is 53.6 Å². The van der Waals surface area contributed by atoms with Crippen molar-refractivity contribution in [1.82, 2.24) is 0 Å². The molecule has 152 valence electrons. The highest BCUT2D eigenvalue weighted by Crippen LogP contribution is 2.42. The molecule has 1 saturated heterocycles. The van der Waals surface area contributed by atoms with Crippen molar-refractivity contribution in [2.45, 2.75) is 50.8 Å². The van der Waals surface area contributed by atoms with Crippen molar-refractivity contribution in [1.29, 1.82) is 0 Å².